The summed E-state index contributed by atoms with van der Waals surface area (Å²) in [6.07, 6.45) is 8.26. The Balaban J connectivity index is 1.80. The van der Waals surface area contributed by atoms with Gasteiger partial charge in [0.1, 0.15) is 0 Å². The molecule has 2 aromatic rings. The summed E-state index contributed by atoms with van der Waals surface area (Å²) in [6.45, 7) is 3.30. The molecule has 2 aromatic carbocycles. The molecule has 210 valence electrons. The molecule has 1 aliphatic carbocycles. The average molecular weight is 551 g/mol. The van der Waals surface area contributed by atoms with Crippen LogP contribution in [-0.2, 0) is 11.2 Å². The molecule has 1 saturated carbocycles. The minimum Gasteiger partial charge on any atom is -0.420 e. The molecule has 1 aliphatic rings. The maximum absolute atomic E-state index is 14.8. The normalized spacial score (nSPS) is 17.6. The van der Waals surface area contributed by atoms with Gasteiger partial charge in [-0.2, -0.15) is 8.78 Å². The predicted octanol–water partition coefficient (Wildman–Crippen LogP) is 9.10. The second kappa shape index (κ2) is 12.9. The molecule has 3 rings (SSSR count). The lowest BCUT2D eigenvalue weighted by molar-refractivity contribution is -0.140. The third-order valence-corrected chi connectivity index (χ3v) is 7.28. The molecule has 1 fully saturated rings. The van der Waals surface area contributed by atoms with Gasteiger partial charge >= 0.3 is 5.97 Å². The summed E-state index contributed by atoms with van der Waals surface area (Å²) in [5.74, 6) is -20.8. The fourth-order valence-corrected chi connectivity index (χ4v) is 5.04. The minimum atomic E-state index is -2.36. The Kier molecular flexibility index (Phi) is 10.2. The highest BCUT2D eigenvalue weighted by Gasteiger charge is 2.36. The molecule has 0 amide bonds. The van der Waals surface area contributed by atoms with E-state index in [2.05, 4.69) is 11.7 Å². The Morgan fingerprint density at radius 2 is 1.13 bits per heavy atom. The molecule has 0 atom stereocenters. The second-order valence-corrected chi connectivity index (χ2v) is 9.76. The highest BCUT2D eigenvalue weighted by atomic mass is 19.2. The van der Waals surface area contributed by atoms with Crippen LogP contribution in [-0.4, -0.2) is 5.97 Å². The van der Waals surface area contributed by atoms with E-state index in [1.54, 1.807) is 0 Å². The lowest BCUT2D eigenvalue weighted by atomic mass is 9.80. The zero-order chi connectivity index (χ0) is 28.1. The van der Waals surface area contributed by atoms with E-state index < -0.39 is 87.3 Å². The number of hydrogen-bond donors (Lipinski definition) is 0. The van der Waals surface area contributed by atoms with E-state index in [4.69, 9.17) is 0 Å². The summed E-state index contributed by atoms with van der Waals surface area (Å²) in [4.78, 5) is 12.5. The largest absolute Gasteiger partial charge is 0.420 e. The van der Waals surface area contributed by atoms with Crippen LogP contribution in [0.2, 0.25) is 0 Å². The SMILES string of the molecule is CCCCCCCC1CCC(C(=O)Oc2c(F)c(F)c(-c3c(F)c(F)c(CC)c(F)c3F)c(F)c2F)CC1. The van der Waals surface area contributed by atoms with Crippen LogP contribution < -0.4 is 4.74 Å². The highest BCUT2D eigenvalue weighted by Crippen LogP contribution is 2.41. The van der Waals surface area contributed by atoms with Gasteiger partial charge in [-0.25, -0.2) is 26.3 Å². The molecule has 0 radical (unpaired) electrons. The molecule has 0 heterocycles. The van der Waals surface area contributed by atoms with Crippen molar-refractivity contribution >= 4 is 5.97 Å². The zero-order valence-corrected chi connectivity index (χ0v) is 21.3. The number of halogens is 8. The Morgan fingerprint density at radius 3 is 1.61 bits per heavy atom. The maximum atomic E-state index is 14.8. The van der Waals surface area contributed by atoms with E-state index in [0.29, 0.717) is 31.6 Å². The summed E-state index contributed by atoms with van der Waals surface area (Å²) in [6, 6.07) is 0. The molecule has 0 spiro atoms. The van der Waals surface area contributed by atoms with Gasteiger partial charge in [-0.05, 0) is 38.0 Å². The van der Waals surface area contributed by atoms with Crippen molar-refractivity contribution in [2.75, 3.05) is 0 Å². The Labute approximate surface area is 216 Å². The number of rotatable bonds is 10. The minimum absolute atomic E-state index is 0.365. The smallest absolute Gasteiger partial charge is 0.314 e. The van der Waals surface area contributed by atoms with Crippen LogP contribution in [0.5, 0.6) is 5.75 Å². The summed E-state index contributed by atoms with van der Waals surface area (Å²) in [5.41, 5.74) is -4.98. The Bertz CT molecular complexity index is 1110. The van der Waals surface area contributed by atoms with Gasteiger partial charge in [-0.15, -0.1) is 0 Å². The van der Waals surface area contributed by atoms with Crippen molar-refractivity contribution in [3.63, 3.8) is 0 Å². The van der Waals surface area contributed by atoms with Crippen LogP contribution in [0, 0.1) is 58.4 Å². The van der Waals surface area contributed by atoms with Gasteiger partial charge in [0, 0.05) is 5.56 Å². The van der Waals surface area contributed by atoms with E-state index in [-0.39, 0.29) is 0 Å². The first kappa shape index (κ1) is 29.9. The summed E-state index contributed by atoms with van der Waals surface area (Å²) in [7, 11) is 0. The van der Waals surface area contributed by atoms with Crippen molar-refractivity contribution in [2.45, 2.75) is 84.5 Å². The number of carbonyl (C=O) groups excluding carboxylic acids is 1. The molecule has 0 aliphatic heterocycles. The van der Waals surface area contributed by atoms with Crippen LogP contribution in [0.15, 0.2) is 0 Å². The first-order chi connectivity index (χ1) is 18.0. The molecule has 10 heteroatoms. The topological polar surface area (TPSA) is 26.3 Å². The van der Waals surface area contributed by atoms with Crippen LogP contribution in [0.3, 0.4) is 0 Å². The van der Waals surface area contributed by atoms with Gasteiger partial charge in [0.15, 0.2) is 34.9 Å². The third-order valence-electron chi connectivity index (χ3n) is 7.28. The van der Waals surface area contributed by atoms with Crippen LogP contribution in [0.25, 0.3) is 11.1 Å². The van der Waals surface area contributed by atoms with E-state index in [9.17, 15) is 39.9 Å². The Hall–Kier alpha value is -2.65. The standard InChI is InChI=1S/C28H30F8O2/c1-3-5-6-7-8-9-14-10-12-15(13-11-14)28(37)38-27-25(35)23(33)18(24(34)26(27)36)17-21(31)19(29)16(4-2)20(30)22(17)32/h14-15H,3-13H2,1-2H3. The second-order valence-electron chi connectivity index (χ2n) is 9.76. The first-order valence-electron chi connectivity index (χ1n) is 13.0. The van der Waals surface area contributed by atoms with Crippen molar-refractivity contribution in [1.29, 1.82) is 0 Å². The highest BCUT2D eigenvalue weighted by molar-refractivity contribution is 5.76. The zero-order valence-electron chi connectivity index (χ0n) is 21.3. The molecule has 0 bridgehead atoms. The quantitative estimate of drug-likeness (QED) is 0.0970. The van der Waals surface area contributed by atoms with Gasteiger partial charge in [-0.1, -0.05) is 52.4 Å². The van der Waals surface area contributed by atoms with Gasteiger partial charge in [0.25, 0.3) is 0 Å². The van der Waals surface area contributed by atoms with E-state index >= 15 is 0 Å². The number of carbonyl (C=O) groups is 1. The molecular formula is C28H30F8O2. The third kappa shape index (κ3) is 5.99. The van der Waals surface area contributed by atoms with Crippen molar-refractivity contribution in [2.24, 2.45) is 11.8 Å². The number of benzene rings is 2. The van der Waals surface area contributed by atoms with Gasteiger partial charge in [0.05, 0.1) is 17.0 Å². The van der Waals surface area contributed by atoms with Gasteiger partial charge < -0.3 is 4.74 Å². The van der Waals surface area contributed by atoms with Gasteiger partial charge in [-0.3, -0.25) is 4.79 Å². The van der Waals surface area contributed by atoms with Crippen LogP contribution in [0.1, 0.15) is 83.6 Å². The van der Waals surface area contributed by atoms with E-state index in [1.807, 2.05) is 0 Å². The van der Waals surface area contributed by atoms with Crippen LogP contribution in [0.4, 0.5) is 35.1 Å². The summed E-state index contributed by atoms with van der Waals surface area (Å²) < 4.78 is 121. The predicted molar refractivity (Wildman–Crippen MR) is 125 cm³/mol. The molecule has 0 saturated heterocycles. The number of ether oxygens (including phenoxy) is 1. The van der Waals surface area contributed by atoms with Crippen molar-refractivity contribution in [3.8, 4) is 16.9 Å². The van der Waals surface area contributed by atoms with Gasteiger partial charge in [0.2, 0.25) is 17.4 Å². The lowest BCUT2D eigenvalue weighted by Crippen LogP contribution is -2.26. The number of unbranched alkanes of at least 4 members (excludes halogenated alkanes) is 4. The maximum Gasteiger partial charge on any atom is 0.314 e. The Morgan fingerprint density at radius 1 is 0.658 bits per heavy atom. The summed E-state index contributed by atoms with van der Waals surface area (Å²) in [5, 5.41) is 0. The molecule has 2 nitrogen and oxygen atoms in total. The van der Waals surface area contributed by atoms with E-state index in [1.165, 1.54) is 13.3 Å². The number of hydrogen-bond acceptors (Lipinski definition) is 2. The molecule has 38 heavy (non-hydrogen) atoms. The average Bonchev–Trinajstić information content (AvgIpc) is 2.91. The number of esters is 1. The molecular weight excluding hydrogens is 520 g/mol. The molecule has 0 unspecified atom stereocenters. The fourth-order valence-electron chi connectivity index (χ4n) is 5.04. The molecule has 0 N–H and O–H groups in total. The lowest BCUT2D eigenvalue weighted by Gasteiger charge is -2.27. The van der Waals surface area contributed by atoms with Crippen molar-refractivity contribution < 1.29 is 44.7 Å². The fraction of sp³-hybridized carbons (Fsp3) is 0.536. The van der Waals surface area contributed by atoms with Crippen molar-refractivity contribution in [3.05, 3.63) is 52.1 Å². The van der Waals surface area contributed by atoms with E-state index in [0.717, 1.165) is 32.1 Å². The van der Waals surface area contributed by atoms with Crippen molar-refractivity contribution in [1.82, 2.24) is 0 Å². The summed E-state index contributed by atoms with van der Waals surface area (Å²) >= 11 is 0. The monoisotopic (exact) mass is 550 g/mol. The molecule has 0 aromatic heterocycles. The first-order valence-corrected chi connectivity index (χ1v) is 13.0. The van der Waals surface area contributed by atoms with Crippen LogP contribution >= 0.6 is 0 Å².